The Bertz CT molecular complexity index is 713. The maximum absolute atomic E-state index is 12.9. The molecule has 166 valence electrons. The van der Waals surface area contributed by atoms with Crippen LogP contribution in [0.3, 0.4) is 0 Å². The first kappa shape index (κ1) is 23.6. The van der Waals surface area contributed by atoms with Crippen LogP contribution in [0.15, 0.2) is 24.3 Å². The number of rotatable bonds is 4. The molecule has 3 rings (SSSR count). The van der Waals surface area contributed by atoms with E-state index in [1.54, 1.807) is 4.72 Å². The maximum Gasteiger partial charge on any atom is 0.551 e. The molecule has 0 aliphatic carbocycles. The van der Waals surface area contributed by atoms with Crippen molar-refractivity contribution in [2.75, 3.05) is 0 Å². The second kappa shape index (κ2) is 7.24. The van der Waals surface area contributed by atoms with Crippen LogP contribution in [-0.4, -0.2) is 41.6 Å². The second-order valence-corrected chi connectivity index (χ2v) is 9.99. The number of benzene rings is 1. The van der Waals surface area contributed by atoms with Crippen LogP contribution in [-0.2, 0) is 31.3 Å². The molecule has 1 aromatic carbocycles. The van der Waals surface area contributed by atoms with Gasteiger partial charge in [0.2, 0.25) is 0 Å². The van der Waals surface area contributed by atoms with E-state index in [-0.39, 0.29) is 6.54 Å². The lowest BCUT2D eigenvalue weighted by atomic mass is 9.87. The molecule has 1 aromatic rings. The lowest BCUT2D eigenvalue weighted by molar-refractivity contribution is -0.137. The Morgan fingerprint density at radius 3 is 1.33 bits per heavy atom. The predicted octanol–water partition coefficient (Wildman–Crippen LogP) is 4.69. The highest BCUT2D eigenvalue weighted by Gasteiger charge is 2.61. The Hall–Kier alpha value is -1.06. The van der Waals surface area contributed by atoms with Gasteiger partial charge in [-0.05, 0) is 73.1 Å². The average molecular weight is 427 g/mol. The highest BCUT2D eigenvalue weighted by Crippen LogP contribution is 2.42. The summed E-state index contributed by atoms with van der Waals surface area (Å²) in [6.07, 6.45) is -4.38. The van der Waals surface area contributed by atoms with Gasteiger partial charge in [-0.15, -0.1) is 0 Å². The molecule has 0 radical (unpaired) electrons. The van der Waals surface area contributed by atoms with Gasteiger partial charge in [-0.25, -0.2) is 0 Å². The van der Waals surface area contributed by atoms with Crippen LogP contribution in [0, 0.1) is 0 Å². The van der Waals surface area contributed by atoms with Gasteiger partial charge in [-0.1, -0.05) is 12.1 Å². The predicted molar refractivity (Wildman–Crippen MR) is 109 cm³/mol. The quantitative estimate of drug-likeness (QED) is 0.653. The van der Waals surface area contributed by atoms with Gasteiger partial charge >= 0.3 is 20.7 Å². The van der Waals surface area contributed by atoms with Gasteiger partial charge in [0.1, 0.15) is 0 Å². The van der Waals surface area contributed by atoms with Crippen molar-refractivity contribution in [3.8, 4) is 0 Å². The largest absolute Gasteiger partial charge is 0.551 e. The maximum atomic E-state index is 12.9. The zero-order valence-corrected chi connectivity index (χ0v) is 18.9. The second-order valence-electron chi connectivity index (χ2n) is 9.99. The van der Waals surface area contributed by atoms with Gasteiger partial charge in [0.15, 0.2) is 0 Å². The fourth-order valence-electron chi connectivity index (χ4n) is 3.15. The average Bonchev–Trinajstić information content (AvgIpc) is 2.91. The van der Waals surface area contributed by atoms with E-state index < -0.39 is 48.7 Å². The van der Waals surface area contributed by atoms with Gasteiger partial charge < -0.3 is 18.6 Å². The summed E-state index contributed by atoms with van der Waals surface area (Å²) in [6.45, 7) is 15.7. The fourth-order valence-corrected chi connectivity index (χ4v) is 3.15. The molecule has 5 nitrogen and oxygen atoms in total. The third kappa shape index (κ3) is 4.30. The van der Waals surface area contributed by atoms with Crippen molar-refractivity contribution in [2.24, 2.45) is 0 Å². The fraction of sp³-hybridized carbons (Fsp3) is 0.700. The third-order valence-electron chi connectivity index (χ3n) is 6.67. The zero-order chi connectivity index (χ0) is 22.8. The van der Waals surface area contributed by atoms with Crippen LogP contribution in [0.1, 0.15) is 66.5 Å². The van der Waals surface area contributed by atoms with Crippen LogP contribution in [0.4, 0.5) is 13.2 Å². The van der Waals surface area contributed by atoms with Crippen molar-refractivity contribution in [3.05, 3.63) is 35.4 Å². The van der Waals surface area contributed by atoms with Gasteiger partial charge in [-0.3, -0.25) is 4.72 Å². The van der Waals surface area contributed by atoms with Crippen LogP contribution in [0.5, 0.6) is 0 Å². The summed E-state index contributed by atoms with van der Waals surface area (Å²) < 4.78 is 65.3. The van der Waals surface area contributed by atoms with Crippen molar-refractivity contribution >= 4 is 14.5 Å². The minimum atomic E-state index is -4.38. The zero-order valence-electron chi connectivity index (χ0n) is 18.9. The van der Waals surface area contributed by atoms with Crippen molar-refractivity contribution in [2.45, 2.75) is 90.5 Å². The molecule has 0 aromatic heterocycles. The molecule has 0 N–H and O–H groups in total. The van der Waals surface area contributed by atoms with Crippen molar-refractivity contribution in [1.82, 2.24) is 4.72 Å². The lowest BCUT2D eigenvalue weighted by Crippen LogP contribution is -2.52. The summed E-state index contributed by atoms with van der Waals surface area (Å²) in [6, 6.07) is 5.04. The van der Waals surface area contributed by atoms with Crippen LogP contribution in [0.25, 0.3) is 0 Å². The molecule has 0 bridgehead atoms. The van der Waals surface area contributed by atoms with Crippen molar-refractivity contribution in [1.29, 1.82) is 0 Å². The van der Waals surface area contributed by atoms with E-state index in [4.69, 9.17) is 18.6 Å². The summed E-state index contributed by atoms with van der Waals surface area (Å²) in [7, 11) is -1.57. The van der Waals surface area contributed by atoms with E-state index in [2.05, 4.69) is 0 Å². The standard InChI is InChI=1S/C20H30B2F3NO4/c1-16(2)17(3,4)28-21(27-16)26(22-29-18(5,6)19(7,8)30-22)13-14-9-11-15(12-10-14)20(23,24)25/h9-12H,13H2,1-8H3. The van der Waals surface area contributed by atoms with Crippen LogP contribution >= 0.6 is 0 Å². The Kier molecular flexibility index (Phi) is 5.69. The number of halogens is 3. The Labute approximate surface area is 177 Å². The molecule has 2 aliphatic heterocycles. The Morgan fingerprint density at radius 1 is 0.700 bits per heavy atom. The molecule has 2 aliphatic rings. The van der Waals surface area contributed by atoms with Gasteiger partial charge in [0.05, 0.1) is 28.0 Å². The van der Waals surface area contributed by atoms with Crippen molar-refractivity contribution in [3.63, 3.8) is 0 Å². The highest BCUT2D eigenvalue weighted by molar-refractivity contribution is 6.60. The highest BCUT2D eigenvalue weighted by atomic mass is 19.4. The summed E-state index contributed by atoms with van der Waals surface area (Å²) in [4.78, 5) is 0. The molecular weight excluding hydrogens is 397 g/mol. The molecule has 30 heavy (non-hydrogen) atoms. The Balaban J connectivity index is 1.89. The van der Waals surface area contributed by atoms with E-state index in [1.807, 2.05) is 55.4 Å². The monoisotopic (exact) mass is 427 g/mol. The first-order valence-corrected chi connectivity index (χ1v) is 10.1. The number of hydrogen-bond donors (Lipinski definition) is 0. The summed E-state index contributed by atoms with van der Waals surface area (Å²) >= 11 is 0. The summed E-state index contributed by atoms with van der Waals surface area (Å²) in [5.74, 6) is 0. The smallest absolute Gasteiger partial charge is 0.390 e. The van der Waals surface area contributed by atoms with Crippen molar-refractivity contribution < 1.29 is 31.8 Å². The van der Waals surface area contributed by atoms with E-state index in [1.165, 1.54) is 12.1 Å². The van der Waals surface area contributed by atoms with Gasteiger partial charge in [0, 0.05) is 6.54 Å². The first-order chi connectivity index (χ1) is 13.5. The summed E-state index contributed by atoms with van der Waals surface area (Å²) in [5, 5.41) is 0. The SMILES string of the molecule is CC1(C)OB(N(Cc2ccc(C(F)(F)F)cc2)B2OC(C)(C)C(C)(C)O2)OC1(C)C. The summed E-state index contributed by atoms with van der Waals surface area (Å²) in [5.41, 5.74) is -2.37. The van der Waals surface area contributed by atoms with E-state index in [9.17, 15) is 13.2 Å². The molecule has 2 saturated heterocycles. The van der Waals surface area contributed by atoms with Crippen LogP contribution in [0.2, 0.25) is 0 Å². The van der Waals surface area contributed by atoms with Gasteiger partial charge in [0.25, 0.3) is 0 Å². The molecule has 0 amide bonds. The minimum Gasteiger partial charge on any atom is -0.390 e. The third-order valence-corrected chi connectivity index (χ3v) is 6.67. The van der Waals surface area contributed by atoms with Crippen LogP contribution < -0.4 is 0 Å². The minimum absolute atomic E-state index is 0.228. The van der Waals surface area contributed by atoms with E-state index in [0.717, 1.165) is 12.1 Å². The molecule has 0 unspecified atom stereocenters. The molecule has 0 spiro atoms. The lowest BCUT2D eigenvalue weighted by Gasteiger charge is -2.32. The van der Waals surface area contributed by atoms with E-state index >= 15 is 0 Å². The van der Waals surface area contributed by atoms with E-state index in [0.29, 0.717) is 5.56 Å². The molecule has 10 heteroatoms. The molecular formula is C20H30B2F3NO4. The topological polar surface area (TPSA) is 40.2 Å². The number of hydrogen-bond acceptors (Lipinski definition) is 5. The number of nitrogens with zero attached hydrogens (tertiary/aromatic N) is 1. The molecule has 2 fully saturated rings. The first-order valence-electron chi connectivity index (χ1n) is 10.1. The van der Waals surface area contributed by atoms with Gasteiger partial charge in [-0.2, -0.15) is 13.2 Å². The normalized spacial score (nSPS) is 24.7. The molecule has 0 atom stereocenters. The molecule has 0 saturated carbocycles. The Morgan fingerprint density at radius 2 is 1.03 bits per heavy atom. The number of alkyl halides is 3. The molecule has 2 heterocycles.